The largest absolute Gasteiger partial charge is 0.484 e. The van der Waals surface area contributed by atoms with Gasteiger partial charge in [-0.25, -0.2) is 4.99 Å². The summed E-state index contributed by atoms with van der Waals surface area (Å²) in [6.45, 7) is 6.06. The number of nitrogens with two attached hydrogens (primary N) is 2. The third kappa shape index (κ3) is 5.17. The predicted octanol–water partition coefficient (Wildman–Crippen LogP) is 0.707. The first-order valence-corrected chi connectivity index (χ1v) is 6.61. The summed E-state index contributed by atoms with van der Waals surface area (Å²) in [6.07, 6.45) is 0. The molecule has 0 bridgehead atoms. The van der Waals surface area contributed by atoms with Crippen molar-refractivity contribution in [1.82, 2.24) is 4.90 Å². The van der Waals surface area contributed by atoms with Gasteiger partial charge in [0.25, 0.3) is 5.91 Å². The Labute approximate surface area is 119 Å². The van der Waals surface area contributed by atoms with E-state index in [0.717, 1.165) is 18.7 Å². The van der Waals surface area contributed by atoms with Gasteiger partial charge in [0.15, 0.2) is 12.6 Å². The number of aliphatic imine (C=N–C) groups is 1. The molecular weight excluding hydrogens is 256 g/mol. The second kappa shape index (κ2) is 8.04. The van der Waals surface area contributed by atoms with Crippen molar-refractivity contribution in [1.29, 1.82) is 0 Å². The summed E-state index contributed by atoms with van der Waals surface area (Å²) in [5.74, 6) is 0.621. The Bertz CT molecular complexity index is 470. The number of amides is 1. The van der Waals surface area contributed by atoms with E-state index in [1.807, 2.05) is 36.9 Å². The van der Waals surface area contributed by atoms with E-state index in [1.54, 1.807) is 6.07 Å². The molecular formula is C14H22N4O2. The van der Waals surface area contributed by atoms with Crippen molar-refractivity contribution >= 4 is 11.9 Å². The van der Waals surface area contributed by atoms with Gasteiger partial charge in [0.2, 0.25) is 0 Å². The Kier molecular flexibility index (Phi) is 6.36. The fourth-order valence-corrected chi connectivity index (χ4v) is 1.71. The number of benzene rings is 1. The molecule has 0 saturated heterocycles. The standard InChI is InChI=1S/C14H22N4O2/c1-3-18(4-2)14(16)17-9-11-6-5-7-12(8-11)20-10-13(15)19/h5-8H,3-4,9-10H2,1-2H3,(H2,15,19)(H2,16,17). The summed E-state index contributed by atoms with van der Waals surface area (Å²) in [5, 5.41) is 0. The van der Waals surface area contributed by atoms with Crippen LogP contribution in [0.15, 0.2) is 29.3 Å². The van der Waals surface area contributed by atoms with E-state index in [9.17, 15) is 4.79 Å². The first-order valence-electron chi connectivity index (χ1n) is 6.61. The number of guanidine groups is 1. The molecule has 6 nitrogen and oxygen atoms in total. The van der Waals surface area contributed by atoms with Crippen molar-refractivity contribution in [3.05, 3.63) is 29.8 Å². The first-order chi connectivity index (χ1) is 9.56. The number of primary amides is 1. The molecule has 0 aliphatic carbocycles. The lowest BCUT2D eigenvalue weighted by atomic mass is 10.2. The lowest BCUT2D eigenvalue weighted by molar-refractivity contribution is -0.119. The third-order valence-electron chi connectivity index (χ3n) is 2.79. The number of ether oxygens (including phenoxy) is 1. The molecule has 0 atom stereocenters. The zero-order valence-electron chi connectivity index (χ0n) is 12.0. The van der Waals surface area contributed by atoms with Crippen LogP contribution < -0.4 is 16.2 Å². The number of nitrogens with zero attached hydrogens (tertiary/aromatic N) is 2. The van der Waals surface area contributed by atoms with E-state index in [1.165, 1.54) is 0 Å². The summed E-state index contributed by atoms with van der Waals surface area (Å²) >= 11 is 0. The van der Waals surface area contributed by atoms with Gasteiger partial charge in [-0.1, -0.05) is 12.1 Å². The normalized spacial score (nSPS) is 11.2. The summed E-state index contributed by atoms with van der Waals surface area (Å²) in [7, 11) is 0. The Morgan fingerprint density at radius 2 is 2.00 bits per heavy atom. The van der Waals surface area contributed by atoms with Gasteiger partial charge in [0.05, 0.1) is 6.54 Å². The molecule has 0 radical (unpaired) electrons. The molecule has 1 aromatic carbocycles. The Morgan fingerprint density at radius 3 is 2.60 bits per heavy atom. The SMILES string of the molecule is CCN(CC)C(N)=NCc1cccc(OCC(N)=O)c1. The van der Waals surface area contributed by atoms with Gasteiger partial charge in [0.1, 0.15) is 5.75 Å². The van der Waals surface area contributed by atoms with Crippen LogP contribution in [0.2, 0.25) is 0 Å². The van der Waals surface area contributed by atoms with Gasteiger partial charge in [-0.2, -0.15) is 0 Å². The fraction of sp³-hybridized carbons (Fsp3) is 0.429. The quantitative estimate of drug-likeness (QED) is 0.567. The lowest BCUT2D eigenvalue weighted by Crippen LogP contribution is -2.37. The molecule has 0 unspecified atom stereocenters. The Hall–Kier alpha value is -2.24. The zero-order valence-corrected chi connectivity index (χ0v) is 12.0. The minimum Gasteiger partial charge on any atom is -0.484 e. The van der Waals surface area contributed by atoms with Crippen molar-refractivity contribution in [2.45, 2.75) is 20.4 Å². The summed E-state index contributed by atoms with van der Waals surface area (Å²) in [6, 6.07) is 7.36. The zero-order chi connectivity index (χ0) is 15.0. The van der Waals surface area contributed by atoms with E-state index >= 15 is 0 Å². The molecule has 6 heteroatoms. The number of rotatable bonds is 7. The van der Waals surface area contributed by atoms with Crippen molar-refractivity contribution < 1.29 is 9.53 Å². The first kappa shape index (κ1) is 15.8. The van der Waals surface area contributed by atoms with E-state index in [4.69, 9.17) is 16.2 Å². The van der Waals surface area contributed by atoms with Crippen LogP contribution >= 0.6 is 0 Å². The van der Waals surface area contributed by atoms with E-state index < -0.39 is 5.91 Å². The molecule has 4 N–H and O–H groups in total. The van der Waals surface area contributed by atoms with Crippen LogP contribution in [0, 0.1) is 0 Å². The fourth-order valence-electron chi connectivity index (χ4n) is 1.71. The van der Waals surface area contributed by atoms with Gasteiger partial charge < -0.3 is 21.1 Å². The van der Waals surface area contributed by atoms with Gasteiger partial charge in [-0.3, -0.25) is 4.79 Å². The average Bonchev–Trinajstić information content (AvgIpc) is 2.44. The highest BCUT2D eigenvalue weighted by molar-refractivity contribution is 5.78. The van der Waals surface area contributed by atoms with Crippen LogP contribution in [0.4, 0.5) is 0 Å². The highest BCUT2D eigenvalue weighted by atomic mass is 16.5. The minimum absolute atomic E-state index is 0.131. The average molecular weight is 278 g/mol. The summed E-state index contributed by atoms with van der Waals surface area (Å²) in [4.78, 5) is 17.0. The second-order valence-electron chi connectivity index (χ2n) is 4.25. The van der Waals surface area contributed by atoms with E-state index in [2.05, 4.69) is 4.99 Å². The molecule has 0 aromatic heterocycles. The molecule has 0 saturated carbocycles. The summed E-state index contributed by atoms with van der Waals surface area (Å²) < 4.78 is 5.24. The maximum Gasteiger partial charge on any atom is 0.255 e. The number of hydrogen-bond acceptors (Lipinski definition) is 3. The highest BCUT2D eigenvalue weighted by Crippen LogP contribution is 2.14. The highest BCUT2D eigenvalue weighted by Gasteiger charge is 2.03. The number of hydrogen-bond donors (Lipinski definition) is 2. The molecule has 0 aliphatic rings. The monoisotopic (exact) mass is 278 g/mol. The second-order valence-corrected chi connectivity index (χ2v) is 4.25. The topological polar surface area (TPSA) is 93.9 Å². The van der Waals surface area contributed by atoms with Crippen LogP contribution in [-0.2, 0) is 11.3 Å². The maximum atomic E-state index is 10.7. The maximum absolute atomic E-state index is 10.7. The lowest BCUT2D eigenvalue weighted by Gasteiger charge is -2.19. The van der Waals surface area contributed by atoms with Crippen molar-refractivity contribution in [3.63, 3.8) is 0 Å². The smallest absolute Gasteiger partial charge is 0.255 e. The molecule has 1 amide bonds. The third-order valence-corrected chi connectivity index (χ3v) is 2.79. The minimum atomic E-state index is -0.501. The van der Waals surface area contributed by atoms with Gasteiger partial charge in [-0.05, 0) is 31.5 Å². The van der Waals surface area contributed by atoms with Crippen LogP contribution in [0.1, 0.15) is 19.4 Å². The Morgan fingerprint density at radius 1 is 1.30 bits per heavy atom. The van der Waals surface area contributed by atoms with Crippen molar-refractivity contribution in [2.24, 2.45) is 16.5 Å². The van der Waals surface area contributed by atoms with Crippen LogP contribution in [0.5, 0.6) is 5.75 Å². The van der Waals surface area contributed by atoms with Crippen LogP contribution in [0.25, 0.3) is 0 Å². The predicted molar refractivity (Wildman–Crippen MR) is 79.4 cm³/mol. The number of carbonyl (C=O) groups is 1. The number of carbonyl (C=O) groups excluding carboxylic acids is 1. The molecule has 0 heterocycles. The molecule has 1 aromatic rings. The van der Waals surface area contributed by atoms with E-state index in [0.29, 0.717) is 18.3 Å². The van der Waals surface area contributed by atoms with Crippen molar-refractivity contribution in [3.8, 4) is 5.75 Å². The molecule has 1 rings (SSSR count). The van der Waals surface area contributed by atoms with Crippen molar-refractivity contribution in [2.75, 3.05) is 19.7 Å². The van der Waals surface area contributed by atoms with Gasteiger partial charge >= 0.3 is 0 Å². The Balaban J connectivity index is 2.66. The van der Waals surface area contributed by atoms with Crippen LogP contribution in [-0.4, -0.2) is 36.5 Å². The molecule has 0 fully saturated rings. The molecule has 0 aliphatic heterocycles. The van der Waals surface area contributed by atoms with Gasteiger partial charge in [-0.15, -0.1) is 0 Å². The molecule has 110 valence electrons. The molecule has 20 heavy (non-hydrogen) atoms. The van der Waals surface area contributed by atoms with Gasteiger partial charge in [0, 0.05) is 13.1 Å². The van der Waals surface area contributed by atoms with E-state index in [-0.39, 0.29) is 6.61 Å². The molecule has 0 spiro atoms. The van der Waals surface area contributed by atoms with Crippen LogP contribution in [0.3, 0.4) is 0 Å². The summed E-state index contributed by atoms with van der Waals surface area (Å²) in [5.41, 5.74) is 11.9.